The van der Waals surface area contributed by atoms with Crippen LogP contribution >= 0.6 is 0 Å². The highest BCUT2D eigenvalue weighted by atomic mass is 16.4. The highest BCUT2D eigenvalue weighted by Gasteiger charge is 2.28. The van der Waals surface area contributed by atoms with Crippen LogP contribution < -0.4 is 0 Å². The Morgan fingerprint density at radius 1 is 1.09 bits per heavy atom. The van der Waals surface area contributed by atoms with Crippen LogP contribution in [0.3, 0.4) is 0 Å². The molecule has 23 heavy (non-hydrogen) atoms. The molecule has 1 aliphatic carbocycles. The average molecular weight is 315 g/mol. The van der Waals surface area contributed by atoms with Gasteiger partial charge in [0.1, 0.15) is 0 Å². The van der Waals surface area contributed by atoms with Gasteiger partial charge in [-0.1, -0.05) is 6.07 Å². The second-order valence-electron chi connectivity index (χ2n) is 6.41. The number of Topliss-reactive ketones (excluding diaryl/α,β-unsaturated/α-hetero) is 1. The Kier molecular flexibility index (Phi) is 4.46. The fourth-order valence-electron chi connectivity index (χ4n) is 3.45. The third-order valence-corrected chi connectivity index (χ3v) is 4.88. The maximum Gasteiger partial charge on any atom is 0.306 e. The Labute approximate surface area is 135 Å². The van der Waals surface area contributed by atoms with Crippen molar-refractivity contribution in [1.29, 1.82) is 0 Å². The summed E-state index contributed by atoms with van der Waals surface area (Å²) in [5.74, 6) is -1.02. The minimum Gasteiger partial charge on any atom is -0.481 e. The zero-order chi connectivity index (χ0) is 16.4. The van der Waals surface area contributed by atoms with E-state index in [0.717, 1.165) is 30.4 Å². The van der Waals surface area contributed by atoms with Gasteiger partial charge in [0.25, 0.3) is 5.91 Å². The number of hydrogen-bond acceptors (Lipinski definition) is 3. The number of rotatable bonds is 2. The first-order chi connectivity index (χ1) is 11.1. The van der Waals surface area contributed by atoms with E-state index in [0.29, 0.717) is 37.9 Å². The molecule has 1 aromatic carbocycles. The van der Waals surface area contributed by atoms with Crippen molar-refractivity contribution < 1.29 is 19.5 Å². The molecule has 1 fully saturated rings. The standard InChI is InChI=1S/C18H21NO4/c20-16-4-2-1-3-13-11-14(5-6-15(13)16)17(21)19-9-7-12(8-10-19)18(22)23/h5-6,11-12H,1-4,7-10H2,(H,22,23). The van der Waals surface area contributed by atoms with Crippen molar-refractivity contribution in [1.82, 2.24) is 4.90 Å². The number of nitrogens with zero attached hydrogens (tertiary/aromatic N) is 1. The Morgan fingerprint density at radius 2 is 1.78 bits per heavy atom. The summed E-state index contributed by atoms with van der Waals surface area (Å²) in [6.07, 6.45) is 4.31. The van der Waals surface area contributed by atoms with Crippen LogP contribution in [0.2, 0.25) is 0 Å². The van der Waals surface area contributed by atoms with Crippen molar-refractivity contribution in [3.63, 3.8) is 0 Å². The second kappa shape index (κ2) is 6.52. The van der Waals surface area contributed by atoms with Gasteiger partial charge in [0.2, 0.25) is 0 Å². The van der Waals surface area contributed by atoms with E-state index < -0.39 is 5.97 Å². The summed E-state index contributed by atoms with van der Waals surface area (Å²) >= 11 is 0. The molecule has 0 aromatic heterocycles. The van der Waals surface area contributed by atoms with Gasteiger partial charge in [-0.15, -0.1) is 0 Å². The van der Waals surface area contributed by atoms with Crippen LogP contribution in [-0.2, 0) is 11.2 Å². The molecule has 1 saturated heterocycles. The fraction of sp³-hybridized carbons (Fsp3) is 0.500. The minimum atomic E-state index is -0.777. The Balaban J connectivity index is 1.75. The van der Waals surface area contributed by atoms with Crippen molar-refractivity contribution in [3.05, 3.63) is 34.9 Å². The third-order valence-electron chi connectivity index (χ3n) is 4.88. The van der Waals surface area contributed by atoms with E-state index in [4.69, 9.17) is 5.11 Å². The lowest BCUT2D eigenvalue weighted by Gasteiger charge is -2.30. The molecule has 0 atom stereocenters. The van der Waals surface area contributed by atoms with E-state index in [-0.39, 0.29) is 17.6 Å². The molecule has 1 heterocycles. The van der Waals surface area contributed by atoms with Crippen LogP contribution in [0, 0.1) is 5.92 Å². The molecule has 5 heteroatoms. The van der Waals surface area contributed by atoms with E-state index in [9.17, 15) is 14.4 Å². The monoisotopic (exact) mass is 315 g/mol. The van der Waals surface area contributed by atoms with Crippen LogP contribution in [0.25, 0.3) is 0 Å². The van der Waals surface area contributed by atoms with E-state index in [1.807, 2.05) is 6.07 Å². The summed E-state index contributed by atoms with van der Waals surface area (Å²) in [4.78, 5) is 37.4. The number of hydrogen-bond donors (Lipinski definition) is 1. The zero-order valence-corrected chi connectivity index (χ0v) is 13.1. The number of piperidine rings is 1. The van der Waals surface area contributed by atoms with Crippen LogP contribution in [0.4, 0.5) is 0 Å². The molecule has 1 amide bonds. The van der Waals surface area contributed by atoms with Crippen LogP contribution in [-0.4, -0.2) is 40.8 Å². The summed E-state index contributed by atoms with van der Waals surface area (Å²) in [6, 6.07) is 5.36. The van der Waals surface area contributed by atoms with E-state index in [1.54, 1.807) is 17.0 Å². The maximum absolute atomic E-state index is 12.6. The largest absolute Gasteiger partial charge is 0.481 e. The predicted molar refractivity (Wildman–Crippen MR) is 84.6 cm³/mol. The molecular formula is C18H21NO4. The normalized spacial score (nSPS) is 19.1. The maximum atomic E-state index is 12.6. The van der Waals surface area contributed by atoms with Crippen molar-refractivity contribution in [2.45, 2.75) is 38.5 Å². The van der Waals surface area contributed by atoms with Gasteiger partial charge >= 0.3 is 5.97 Å². The summed E-state index contributed by atoms with van der Waals surface area (Å²) in [7, 11) is 0. The lowest BCUT2D eigenvalue weighted by Crippen LogP contribution is -2.40. The third kappa shape index (κ3) is 3.28. The van der Waals surface area contributed by atoms with Gasteiger partial charge in [0, 0.05) is 30.6 Å². The molecule has 0 radical (unpaired) electrons. The van der Waals surface area contributed by atoms with Gasteiger partial charge in [-0.05, 0) is 49.8 Å². The quantitative estimate of drug-likeness (QED) is 0.851. The highest BCUT2D eigenvalue weighted by molar-refractivity contribution is 6.00. The van der Waals surface area contributed by atoms with Gasteiger partial charge in [0.15, 0.2) is 5.78 Å². The van der Waals surface area contributed by atoms with Gasteiger partial charge in [-0.2, -0.15) is 0 Å². The lowest BCUT2D eigenvalue weighted by atomic mass is 9.95. The molecular weight excluding hydrogens is 294 g/mol. The molecule has 2 aliphatic rings. The first kappa shape index (κ1) is 15.7. The van der Waals surface area contributed by atoms with Gasteiger partial charge < -0.3 is 10.0 Å². The molecule has 1 aliphatic heterocycles. The van der Waals surface area contributed by atoms with E-state index in [1.165, 1.54) is 0 Å². The number of carboxylic acid groups (broad SMARTS) is 1. The Bertz CT molecular complexity index is 644. The van der Waals surface area contributed by atoms with Crippen LogP contribution in [0.1, 0.15) is 58.4 Å². The first-order valence-corrected chi connectivity index (χ1v) is 8.24. The van der Waals surface area contributed by atoms with Crippen molar-refractivity contribution >= 4 is 17.7 Å². The Hall–Kier alpha value is -2.17. The summed E-state index contributed by atoms with van der Waals surface area (Å²) < 4.78 is 0. The smallest absolute Gasteiger partial charge is 0.306 e. The van der Waals surface area contributed by atoms with Gasteiger partial charge in [-0.25, -0.2) is 0 Å². The number of ketones is 1. The Morgan fingerprint density at radius 3 is 2.48 bits per heavy atom. The number of benzene rings is 1. The predicted octanol–water partition coefficient (Wildman–Crippen LogP) is 2.53. The van der Waals surface area contributed by atoms with Gasteiger partial charge in [0.05, 0.1) is 5.92 Å². The molecule has 1 aromatic rings. The van der Waals surface area contributed by atoms with Gasteiger partial charge in [-0.3, -0.25) is 14.4 Å². The van der Waals surface area contributed by atoms with Crippen LogP contribution in [0.15, 0.2) is 18.2 Å². The number of fused-ring (bicyclic) bond motifs is 1. The number of aliphatic carboxylic acids is 1. The summed E-state index contributed by atoms with van der Waals surface area (Å²) in [5.41, 5.74) is 2.33. The number of likely N-dealkylation sites (tertiary alicyclic amines) is 1. The first-order valence-electron chi connectivity index (χ1n) is 8.24. The van der Waals surface area contributed by atoms with Crippen molar-refractivity contribution in [2.75, 3.05) is 13.1 Å². The molecule has 0 spiro atoms. The van der Waals surface area contributed by atoms with E-state index >= 15 is 0 Å². The number of amides is 1. The zero-order valence-electron chi connectivity index (χ0n) is 13.1. The molecule has 3 rings (SSSR count). The fourth-order valence-corrected chi connectivity index (χ4v) is 3.45. The number of aryl methyl sites for hydroxylation is 1. The average Bonchev–Trinajstić information content (AvgIpc) is 2.75. The SMILES string of the molecule is O=C1CCCCc2cc(C(=O)N3CCC(C(=O)O)CC3)ccc21. The number of carboxylic acids is 1. The number of carbonyl (C=O) groups excluding carboxylic acids is 2. The molecule has 1 N–H and O–H groups in total. The molecule has 0 bridgehead atoms. The lowest BCUT2D eigenvalue weighted by molar-refractivity contribution is -0.143. The molecule has 0 saturated carbocycles. The van der Waals surface area contributed by atoms with Crippen molar-refractivity contribution in [3.8, 4) is 0 Å². The summed E-state index contributed by atoms with van der Waals surface area (Å²) in [5, 5.41) is 9.03. The minimum absolute atomic E-state index is 0.0617. The topological polar surface area (TPSA) is 74.7 Å². The molecule has 122 valence electrons. The molecule has 0 unspecified atom stereocenters. The second-order valence-corrected chi connectivity index (χ2v) is 6.41. The molecule has 5 nitrogen and oxygen atoms in total. The highest BCUT2D eigenvalue weighted by Crippen LogP contribution is 2.24. The summed E-state index contributed by atoms with van der Waals surface area (Å²) in [6.45, 7) is 0.956. The van der Waals surface area contributed by atoms with E-state index in [2.05, 4.69) is 0 Å². The number of carbonyl (C=O) groups is 3. The van der Waals surface area contributed by atoms with Crippen molar-refractivity contribution in [2.24, 2.45) is 5.92 Å². The van der Waals surface area contributed by atoms with Crippen LogP contribution in [0.5, 0.6) is 0 Å².